The van der Waals surface area contributed by atoms with Crippen molar-refractivity contribution in [3.63, 3.8) is 0 Å². The van der Waals surface area contributed by atoms with Gasteiger partial charge in [-0.15, -0.1) is 0 Å². The third-order valence-electron chi connectivity index (χ3n) is 5.87. The van der Waals surface area contributed by atoms with Gasteiger partial charge in [0, 0.05) is 6.54 Å². The summed E-state index contributed by atoms with van der Waals surface area (Å²) in [5.41, 5.74) is 0.213. The highest BCUT2D eigenvalue weighted by molar-refractivity contribution is 5.82. The number of carbonyl (C=O) groups excluding carboxylic acids is 2. The van der Waals surface area contributed by atoms with Gasteiger partial charge in [0.1, 0.15) is 23.6 Å². The summed E-state index contributed by atoms with van der Waals surface area (Å²) in [6.45, 7) is 8.00. The molecule has 0 aromatic heterocycles. The SMILES string of the molecule is C[C@@H]1CCC[C@H](OC(=O)[C@@H]2CC(Cc3cccc(F)c3)CN2C(=O)OC(C)(C)C)C1. The molecule has 2 aliphatic rings. The van der Waals surface area contributed by atoms with Crippen molar-refractivity contribution in [1.82, 2.24) is 4.90 Å². The van der Waals surface area contributed by atoms with Crippen LogP contribution in [0.15, 0.2) is 24.3 Å². The predicted octanol–water partition coefficient (Wildman–Crippen LogP) is 5.12. The van der Waals surface area contributed by atoms with Gasteiger partial charge >= 0.3 is 12.1 Å². The van der Waals surface area contributed by atoms with Crippen molar-refractivity contribution in [2.75, 3.05) is 6.54 Å². The first-order valence-corrected chi connectivity index (χ1v) is 11.1. The van der Waals surface area contributed by atoms with E-state index in [2.05, 4.69) is 6.92 Å². The summed E-state index contributed by atoms with van der Waals surface area (Å²) in [5, 5.41) is 0. The van der Waals surface area contributed by atoms with Crippen molar-refractivity contribution in [2.45, 2.75) is 84.0 Å². The molecule has 1 heterocycles. The van der Waals surface area contributed by atoms with E-state index in [1.165, 1.54) is 17.0 Å². The molecular formula is C24H34FNO4. The van der Waals surface area contributed by atoms with Crippen molar-refractivity contribution in [3.8, 4) is 0 Å². The van der Waals surface area contributed by atoms with Crippen molar-refractivity contribution in [1.29, 1.82) is 0 Å². The molecule has 1 saturated carbocycles. The molecule has 0 radical (unpaired) electrons. The summed E-state index contributed by atoms with van der Waals surface area (Å²) in [7, 11) is 0. The first kappa shape index (κ1) is 22.6. The lowest BCUT2D eigenvalue weighted by molar-refractivity contribution is -0.156. The zero-order valence-electron chi connectivity index (χ0n) is 18.5. The van der Waals surface area contributed by atoms with Crippen LogP contribution < -0.4 is 0 Å². The Morgan fingerprint density at radius 1 is 1.20 bits per heavy atom. The van der Waals surface area contributed by atoms with Gasteiger partial charge in [-0.2, -0.15) is 0 Å². The Hall–Kier alpha value is -2.11. The Bertz CT molecular complexity index is 760. The minimum absolute atomic E-state index is 0.0437. The Morgan fingerprint density at radius 2 is 1.97 bits per heavy atom. The van der Waals surface area contributed by atoms with Crippen LogP contribution in [0.2, 0.25) is 0 Å². The highest BCUT2D eigenvalue weighted by atomic mass is 19.1. The Balaban J connectivity index is 1.71. The van der Waals surface area contributed by atoms with E-state index >= 15 is 0 Å². The van der Waals surface area contributed by atoms with Crippen LogP contribution in [0.5, 0.6) is 0 Å². The second-order valence-corrected chi connectivity index (χ2v) is 9.91. The Kier molecular flexibility index (Phi) is 7.04. The molecule has 1 saturated heterocycles. The van der Waals surface area contributed by atoms with Crippen LogP contribution in [0.1, 0.15) is 65.4 Å². The van der Waals surface area contributed by atoms with Crippen LogP contribution in [-0.2, 0) is 20.7 Å². The summed E-state index contributed by atoms with van der Waals surface area (Å²) in [5.74, 6) is -0.0384. The number of benzene rings is 1. The van der Waals surface area contributed by atoms with Crippen LogP contribution in [-0.4, -0.2) is 41.3 Å². The van der Waals surface area contributed by atoms with E-state index in [0.717, 1.165) is 31.2 Å². The monoisotopic (exact) mass is 419 g/mol. The normalized spacial score (nSPS) is 27.0. The molecule has 2 fully saturated rings. The van der Waals surface area contributed by atoms with E-state index in [0.29, 0.717) is 25.3 Å². The van der Waals surface area contributed by atoms with E-state index < -0.39 is 17.7 Å². The number of rotatable bonds is 4. The van der Waals surface area contributed by atoms with E-state index in [1.54, 1.807) is 6.07 Å². The lowest BCUT2D eigenvalue weighted by atomic mass is 9.88. The molecule has 30 heavy (non-hydrogen) atoms. The Morgan fingerprint density at radius 3 is 2.63 bits per heavy atom. The van der Waals surface area contributed by atoms with Crippen molar-refractivity contribution < 1.29 is 23.5 Å². The number of esters is 1. The molecule has 5 nitrogen and oxygen atoms in total. The highest BCUT2D eigenvalue weighted by Crippen LogP contribution is 2.31. The summed E-state index contributed by atoms with van der Waals surface area (Å²) in [6, 6.07) is 5.82. The van der Waals surface area contributed by atoms with Crippen LogP contribution in [0, 0.1) is 17.7 Å². The molecule has 1 aliphatic heterocycles. The van der Waals surface area contributed by atoms with Gasteiger partial charge in [-0.05, 0) is 82.4 Å². The fourth-order valence-electron chi connectivity index (χ4n) is 4.54. The molecule has 3 rings (SSSR count). The Labute approximate surface area is 178 Å². The molecular weight excluding hydrogens is 385 g/mol. The van der Waals surface area contributed by atoms with Crippen LogP contribution in [0.25, 0.3) is 0 Å². The maximum Gasteiger partial charge on any atom is 0.411 e. The van der Waals surface area contributed by atoms with E-state index in [-0.39, 0.29) is 23.8 Å². The van der Waals surface area contributed by atoms with E-state index in [1.807, 2.05) is 26.8 Å². The van der Waals surface area contributed by atoms with Gasteiger partial charge < -0.3 is 9.47 Å². The largest absolute Gasteiger partial charge is 0.461 e. The number of nitrogens with zero attached hydrogens (tertiary/aromatic N) is 1. The third-order valence-corrected chi connectivity index (χ3v) is 5.87. The van der Waals surface area contributed by atoms with Crippen molar-refractivity contribution in [3.05, 3.63) is 35.6 Å². The topological polar surface area (TPSA) is 55.8 Å². The van der Waals surface area contributed by atoms with E-state index in [9.17, 15) is 14.0 Å². The predicted molar refractivity (Wildman–Crippen MR) is 112 cm³/mol. The molecule has 1 aromatic rings. The van der Waals surface area contributed by atoms with Gasteiger partial charge in [0.25, 0.3) is 0 Å². The zero-order valence-corrected chi connectivity index (χ0v) is 18.5. The average Bonchev–Trinajstić information content (AvgIpc) is 3.04. The molecule has 1 aromatic carbocycles. The van der Waals surface area contributed by atoms with Crippen LogP contribution in [0.3, 0.4) is 0 Å². The molecule has 0 N–H and O–H groups in total. The van der Waals surface area contributed by atoms with E-state index in [4.69, 9.17) is 9.47 Å². The van der Waals surface area contributed by atoms with Crippen LogP contribution >= 0.6 is 0 Å². The van der Waals surface area contributed by atoms with Gasteiger partial charge in [-0.25, -0.2) is 14.0 Å². The molecule has 6 heteroatoms. The maximum absolute atomic E-state index is 13.6. The summed E-state index contributed by atoms with van der Waals surface area (Å²) in [4.78, 5) is 27.3. The van der Waals surface area contributed by atoms with Crippen LogP contribution in [0.4, 0.5) is 9.18 Å². The van der Waals surface area contributed by atoms with Gasteiger partial charge in [0.15, 0.2) is 0 Å². The number of carbonyl (C=O) groups is 2. The molecule has 1 unspecified atom stereocenters. The number of hydrogen-bond donors (Lipinski definition) is 0. The third kappa shape index (κ3) is 6.19. The highest BCUT2D eigenvalue weighted by Gasteiger charge is 2.43. The van der Waals surface area contributed by atoms with Gasteiger partial charge in [-0.1, -0.05) is 25.5 Å². The number of halogens is 1. The lowest BCUT2D eigenvalue weighted by Crippen LogP contribution is -2.45. The van der Waals surface area contributed by atoms with Gasteiger partial charge in [-0.3, -0.25) is 4.90 Å². The summed E-state index contributed by atoms with van der Waals surface area (Å²) >= 11 is 0. The van der Waals surface area contributed by atoms with Gasteiger partial charge in [0.05, 0.1) is 0 Å². The first-order valence-electron chi connectivity index (χ1n) is 11.1. The van der Waals surface area contributed by atoms with Crippen molar-refractivity contribution >= 4 is 12.1 Å². The minimum Gasteiger partial charge on any atom is -0.461 e. The molecule has 0 spiro atoms. The number of ether oxygens (including phenoxy) is 2. The molecule has 0 bridgehead atoms. The minimum atomic E-state index is -0.657. The fourth-order valence-corrected chi connectivity index (χ4v) is 4.54. The second kappa shape index (κ2) is 9.36. The second-order valence-electron chi connectivity index (χ2n) is 9.91. The number of hydrogen-bond acceptors (Lipinski definition) is 4. The first-order chi connectivity index (χ1) is 14.1. The zero-order chi connectivity index (χ0) is 21.9. The summed E-state index contributed by atoms with van der Waals surface area (Å²) < 4.78 is 24.9. The quantitative estimate of drug-likeness (QED) is 0.636. The molecule has 1 amide bonds. The molecule has 4 atom stereocenters. The molecule has 166 valence electrons. The average molecular weight is 420 g/mol. The standard InChI is InChI=1S/C24H34FNO4/c1-16-7-5-10-20(11-16)29-22(27)21-14-18(12-17-8-6-9-19(25)13-17)15-26(21)23(28)30-24(2,3)4/h6,8-9,13,16,18,20-21H,5,7,10-12,14-15H2,1-4H3/t16-,18?,20+,21+/m1/s1. The summed E-state index contributed by atoms with van der Waals surface area (Å²) in [6.07, 6.45) is 4.49. The molecule has 1 aliphatic carbocycles. The maximum atomic E-state index is 13.6. The van der Waals surface area contributed by atoms with Gasteiger partial charge in [0.2, 0.25) is 0 Å². The number of likely N-dealkylation sites (tertiary alicyclic amines) is 1. The van der Waals surface area contributed by atoms with Crippen molar-refractivity contribution in [2.24, 2.45) is 11.8 Å². The fraction of sp³-hybridized carbons (Fsp3) is 0.667. The number of amides is 1. The lowest BCUT2D eigenvalue weighted by Gasteiger charge is -2.30. The smallest absolute Gasteiger partial charge is 0.411 e.